The topological polar surface area (TPSA) is 66.1 Å². The minimum Gasteiger partial charge on any atom is -0.508 e. The third-order valence-electron chi connectivity index (χ3n) is 2.33. The monoisotopic (exact) mass is 226 g/mol. The predicted octanol–water partition coefficient (Wildman–Crippen LogP) is 2.76. The molecule has 0 aliphatic carbocycles. The molecular weight excluding hydrogens is 216 g/mol. The van der Waals surface area contributed by atoms with E-state index in [2.05, 4.69) is 4.98 Å². The first-order valence-electron chi connectivity index (χ1n) is 5.03. The molecule has 17 heavy (non-hydrogen) atoms. The summed E-state index contributed by atoms with van der Waals surface area (Å²) in [4.78, 5) is 4.00. The van der Waals surface area contributed by atoms with Crippen LogP contribution in [0.25, 0.3) is 0 Å². The van der Waals surface area contributed by atoms with Crippen molar-refractivity contribution < 1.29 is 9.84 Å². The van der Waals surface area contributed by atoms with E-state index in [1.165, 1.54) is 6.20 Å². The van der Waals surface area contributed by atoms with Crippen molar-refractivity contribution in [3.8, 4) is 23.4 Å². The van der Waals surface area contributed by atoms with Crippen molar-refractivity contribution in [2.24, 2.45) is 0 Å². The van der Waals surface area contributed by atoms with Crippen molar-refractivity contribution in [2.45, 2.75) is 6.92 Å². The highest BCUT2D eigenvalue weighted by Gasteiger charge is 2.06. The lowest BCUT2D eigenvalue weighted by Gasteiger charge is -2.08. The molecule has 0 unspecified atom stereocenters. The van der Waals surface area contributed by atoms with Gasteiger partial charge in [-0.3, -0.25) is 0 Å². The maximum Gasteiger partial charge on any atom is 0.220 e. The van der Waals surface area contributed by atoms with Gasteiger partial charge in [0, 0.05) is 17.8 Å². The van der Waals surface area contributed by atoms with Crippen LogP contribution in [0.5, 0.6) is 17.4 Å². The molecule has 1 aromatic heterocycles. The second-order valence-electron chi connectivity index (χ2n) is 3.50. The number of nitriles is 1. The van der Waals surface area contributed by atoms with Crippen molar-refractivity contribution in [2.75, 3.05) is 0 Å². The molecule has 4 nitrogen and oxygen atoms in total. The average Bonchev–Trinajstić information content (AvgIpc) is 2.35. The normalized spacial score (nSPS) is 9.65. The molecule has 2 aromatic rings. The van der Waals surface area contributed by atoms with Crippen LogP contribution in [0.2, 0.25) is 0 Å². The van der Waals surface area contributed by atoms with Gasteiger partial charge in [-0.25, -0.2) is 4.98 Å². The van der Waals surface area contributed by atoms with Gasteiger partial charge in [0.15, 0.2) is 0 Å². The Morgan fingerprint density at radius 3 is 2.94 bits per heavy atom. The number of benzene rings is 1. The maximum atomic E-state index is 9.53. The molecule has 0 aliphatic rings. The smallest absolute Gasteiger partial charge is 0.220 e. The Morgan fingerprint density at radius 2 is 2.18 bits per heavy atom. The van der Waals surface area contributed by atoms with Gasteiger partial charge in [-0.2, -0.15) is 5.26 Å². The highest BCUT2D eigenvalue weighted by atomic mass is 16.5. The predicted molar refractivity (Wildman–Crippen MR) is 61.9 cm³/mol. The number of ether oxygens (including phenoxy) is 1. The Kier molecular flexibility index (Phi) is 2.93. The van der Waals surface area contributed by atoms with Crippen LogP contribution in [-0.4, -0.2) is 10.1 Å². The van der Waals surface area contributed by atoms with Crippen molar-refractivity contribution >= 4 is 0 Å². The van der Waals surface area contributed by atoms with Crippen LogP contribution in [0.3, 0.4) is 0 Å². The summed E-state index contributed by atoms with van der Waals surface area (Å²) in [6.07, 6.45) is 1.51. The zero-order valence-electron chi connectivity index (χ0n) is 9.21. The summed E-state index contributed by atoms with van der Waals surface area (Å²) in [5.74, 6) is 1.02. The van der Waals surface area contributed by atoms with Crippen molar-refractivity contribution in [1.82, 2.24) is 4.98 Å². The lowest BCUT2D eigenvalue weighted by Crippen LogP contribution is -1.90. The van der Waals surface area contributed by atoms with E-state index in [0.29, 0.717) is 22.8 Å². The quantitative estimate of drug-likeness (QED) is 0.855. The molecule has 4 heteroatoms. The first-order valence-corrected chi connectivity index (χ1v) is 5.03. The molecule has 0 atom stereocenters. The van der Waals surface area contributed by atoms with E-state index >= 15 is 0 Å². The molecule has 0 amide bonds. The van der Waals surface area contributed by atoms with E-state index in [1.54, 1.807) is 37.3 Å². The molecule has 84 valence electrons. The molecule has 1 N–H and O–H groups in total. The summed E-state index contributed by atoms with van der Waals surface area (Å²) in [6, 6.07) is 10.2. The first kappa shape index (κ1) is 11.0. The summed E-state index contributed by atoms with van der Waals surface area (Å²) < 4.78 is 5.51. The van der Waals surface area contributed by atoms with Crippen LogP contribution in [0, 0.1) is 18.3 Å². The van der Waals surface area contributed by atoms with Gasteiger partial charge in [0.2, 0.25) is 5.88 Å². The molecule has 0 spiro atoms. The van der Waals surface area contributed by atoms with Gasteiger partial charge in [-0.05, 0) is 25.1 Å². The van der Waals surface area contributed by atoms with Crippen LogP contribution >= 0.6 is 0 Å². The van der Waals surface area contributed by atoms with Crippen molar-refractivity contribution in [1.29, 1.82) is 5.26 Å². The number of hydrogen-bond donors (Lipinski definition) is 1. The average molecular weight is 226 g/mol. The molecule has 2 rings (SSSR count). The molecule has 0 bridgehead atoms. The largest absolute Gasteiger partial charge is 0.508 e. The van der Waals surface area contributed by atoms with E-state index in [-0.39, 0.29) is 5.75 Å². The molecule has 1 aromatic carbocycles. The fourth-order valence-corrected chi connectivity index (χ4v) is 1.36. The zero-order chi connectivity index (χ0) is 12.3. The molecule has 0 saturated heterocycles. The standard InChI is InChI=1S/C13H10N2O2/c1-9-11(16)3-2-4-12(9)17-13-7-10(8-14)5-6-15-13/h2-7,16H,1H3. The second-order valence-corrected chi connectivity index (χ2v) is 3.50. The highest BCUT2D eigenvalue weighted by Crippen LogP contribution is 2.29. The number of aromatic nitrogens is 1. The van der Waals surface area contributed by atoms with Gasteiger partial charge in [0.05, 0.1) is 11.6 Å². The van der Waals surface area contributed by atoms with Crippen LogP contribution in [-0.2, 0) is 0 Å². The number of hydrogen-bond acceptors (Lipinski definition) is 4. The van der Waals surface area contributed by atoms with Crippen LogP contribution < -0.4 is 4.74 Å². The minimum absolute atomic E-state index is 0.166. The third kappa shape index (κ3) is 2.34. The Labute approximate surface area is 98.7 Å². The number of aromatic hydroxyl groups is 1. The summed E-state index contributed by atoms with van der Waals surface area (Å²) in [7, 11) is 0. The number of phenols is 1. The second kappa shape index (κ2) is 4.54. The van der Waals surface area contributed by atoms with Gasteiger partial charge in [-0.15, -0.1) is 0 Å². The SMILES string of the molecule is Cc1c(O)cccc1Oc1cc(C#N)ccn1. The fraction of sp³-hybridized carbons (Fsp3) is 0.0769. The first-order chi connectivity index (χ1) is 8.20. The van der Waals surface area contributed by atoms with E-state index in [0.717, 1.165) is 0 Å². The molecule has 0 saturated carbocycles. The molecule has 1 heterocycles. The molecule has 0 radical (unpaired) electrons. The lowest BCUT2D eigenvalue weighted by molar-refractivity contribution is 0.439. The van der Waals surface area contributed by atoms with Gasteiger partial charge in [-0.1, -0.05) is 6.07 Å². The van der Waals surface area contributed by atoms with Crippen molar-refractivity contribution in [3.63, 3.8) is 0 Å². The van der Waals surface area contributed by atoms with Gasteiger partial charge >= 0.3 is 0 Å². The Balaban J connectivity index is 2.32. The Bertz CT molecular complexity index is 588. The van der Waals surface area contributed by atoms with E-state index in [4.69, 9.17) is 10.00 Å². The Hall–Kier alpha value is -2.54. The van der Waals surface area contributed by atoms with Crippen LogP contribution in [0.4, 0.5) is 0 Å². The van der Waals surface area contributed by atoms with E-state index in [1.807, 2.05) is 6.07 Å². The molecule has 0 aliphatic heterocycles. The number of rotatable bonds is 2. The van der Waals surface area contributed by atoms with Crippen LogP contribution in [0.1, 0.15) is 11.1 Å². The molecule has 0 fully saturated rings. The fourth-order valence-electron chi connectivity index (χ4n) is 1.36. The highest BCUT2D eigenvalue weighted by molar-refractivity contribution is 5.44. The van der Waals surface area contributed by atoms with Gasteiger partial charge in [0.1, 0.15) is 11.5 Å². The summed E-state index contributed by atoms with van der Waals surface area (Å²) in [5, 5.41) is 18.3. The summed E-state index contributed by atoms with van der Waals surface area (Å²) in [6.45, 7) is 1.75. The zero-order valence-corrected chi connectivity index (χ0v) is 9.21. The Morgan fingerprint density at radius 1 is 1.35 bits per heavy atom. The maximum absolute atomic E-state index is 9.53. The number of phenolic OH excluding ortho intramolecular Hbond substituents is 1. The van der Waals surface area contributed by atoms with E-state index in [9.17, 15) is 5.11 Å². The van der Waals surface area contributed by atoms with Gasteiger partial charge in [0.25, 0.3) is 0 Å². The summed E-state index contributed by atoms with van der Waals surface area (Å²) in [5.41, 5.74) is 1.12. The number of nitrogens with zero attached hydrogens (tertiary/aromatic N) is 2. The molecular formula is C13H10N2O2. The number of pyridine rings is 1. The van der Waals surface area contributed by atoms with Gasteiger partial charge < -0.3 is 9.84 Å². The van der Waals surface area contributed by atoms with E-state index < -0.39 is 0 Å². The van der Waals surface area contributed by atoms with Crippen LogP contribution in [0.15, 0.2) is 36.5 Å². The minimum atomic E-state index is 0.166. The lowest BCUT2D eigenvalue weighted by atomic mass is 10.2. The summed E-state index contributed by atoms with van der Waals surface area (Å²) >= 11 is 0. The van der Waals surface area contributed by atoms with Crippen molar-refractivity contribution in [3.05, 3.63) is 47.7 Å². The third-order valence-corrected chi connectivity index (χ3v) is 2.33.